The lowest BCUT2D eigenvalue weighted by atomic mass is 10.0. The second-order valence-electron chi connectivity index (χ2n) is 8.15. The van der Waals surface area contributed by atoms with Crippen molar-refractivity contribution in [1.82, 2.24) is 9.55 Å². The molecule has 4 N–H and O–H groups in total. The third kappa shape index (κ3) is 2.75. The molecule has 0 saturated heterocycles. The van der Waals surface area contributed by atoms with Crippen molar-refractivity contribution < 1.29 is 15.0 Å². The van der Waals surface area contributed by atoms with Gasteiger partial charge < -0.3 is 20.8 Å². The molecule has 32 heavy (non-hydrogen) atoms. The van der Waals surface area contributed by atoms with E-state index in [-0.39, 0.29) is 29.6 Å². The van der Waals surface area contributed by atoms with E-state index in [1.54, 1.807) is 36.5 Å². The van der Waals surface area contributed by atoms with Crippen molar-refractivity contribution in [3.8, 4) is 17.4 Å². The van der Waals surface area contributed by atoms with Crippen molar-refractivity contribution in [3.63, 3.8) is 0 Å². The fourth-order valence-corrected chi connectivity index (χ4v) is 4.87. The number of amides is 2. The van der Waals surface area contributed by atoms with E-state index < -0.39 is 0 Å². The number of rotatable bonds is 3. The number of carbonyl (C=O) groups is 1. The number of benzene rings is 2. The number of hydrogen-bond donors (Lipinski definition) is 4. The molecule has 0 radical (unpaired) electrons. The average molecular weight is 424 g/mol. The van der Waals surface area contributed by atoms with Gasteiger partial charge >= 0.3 is 6.03 Å². The first-order chi connectivity index (χ1) is 15.6. The van der Waals surface area contributed by atoms with Crippen LogP contribution in [0.2, 0.25) is 0 Å². The van der Waals surface area contributed by atoms with Crippen LogP contribution >= 0.6 is 0 Å². The SMILES string of the molecule is O=C(Nc1ccc(-n2c(O)c3c(c2O)[C@H]2C=C[C@@H]3C2)cc1)Nc1cccc2cccnc12. The summed E-state index contributed by atoms with van der Waals surface area (Å²) in [5, 5.41) is 28.1. The van der Waals surface area contributed by atoms with Crippen LogP contribution in [0.5, 0.6) is 11.8 Å². The van der Waals surface area contributed by atoms with E-state index in [0.717, 1.165) is 28.5 Å². The molecular weight excluding hydrogens is 404 g/mol. The molecule has 4 aromatic rings. The van der Waals surface area contributed by atoms with Crippen LogP contribution in [0.1, 0.15) is 29.4 Å². The number of nitrogens with zero attached hydrogens (tertiary/aromatic N) is 2. The maximum Gasteiger partial charge on any atom is 0.323 e. The van der Waals surface area contributed by atoms with Crippen LogP contribution in [0.4, 0.5) is 16.2 Å². The number of pyridine rings is 1. The number of fused-ring (bicyclic) bond motifs is 6. The molecule has 0 fully saturated rings. The van der Waals surface area contributed by atoms with Gasteiger partial charge in [0.05, 0.1) is 16.9 Å². The highest BCUT2D eigenvalue weighted by molar-refractivity contribution is 6.05. The minimum atomic E-state index is -0.385. The highest BCUT2D eigenvalue weighted by Gasteiger charge is 2.41. The van der Waals surface area contributed by atoms with E-state index in [1.807, 2.05) is 24.3 Å². The summed E-state index contributed by atoms with van der Waals surface area (Å²) in [5.41, 5.74) is 4.19. The topological polar surface area (TPSA) is 99.4 Å². The Balaban J connectivity index is 1.22. The van der Waals surface area contributed by atoms with Gasteiger partial charge in [-0.2, -0.15) is 0 Å². The predicted octanol–water partition coefficient (Wildman–Crippen LogP) is 5.22. The number of para-hydroxylation sites is 1. The van der Waals surface area contributed by atoms with Crippen molar-refractivity contribution in [2.45, 2.75) is 18.3 Å². The molecule has 2 amide bonds. The Hall–Kier alpha value is -4.26. The summed E-state index contributed by atoms with van der Waals surface area (Å²) in [5.74, 6) is 0.484. The molecule has 2 aromatic carbocycles. The second kappa shape index (κ2) is 6.88. The van der Waals surface area contributed by atoms with Gasteiger partial charge in [-0.3, -0.25) is 9.55 Å². The molecule has 2 aromatic heterocycles. The van der Waals surface area contributed by atoms with Crippen molar-refractivity contribution in [3.05, 3.63) is 84.1 Å². The molecule has 2 aliphatic carbocycles. The lowest BCUT2D eigenvalue weighted by Gasteiger charge is -2.12. The van der Waals surface area contributed by atoms with E-state index in [2.05, 4.69) is 27.8 Å². The summed E-state index contributed by atoms with van der Waals surface area (Å²) in [6.07, 6.45) is 6.78. The molecule has 0 aliphatic heterocycles. The zero-order valence-corrected chi connectivity index (χ0v) is 17.0. The van der Waals surface area contributed by atoms with Crippen molar-refractivity contribution in [2.75, 3.05) is 10.6 Å². The van der Waals surface area contributed by atoms with Gasteiger partial charge in [0.1, 0.15) is 0 Å². The molecule has 7 heteroatoms. The number of anilines is 2. The average Bonchev–Trinajstić information content (AvgIpc) is 3.48. The first-order valence-corrected chi connectivity index (χ1v) is 10.5. The van der Waals surface area contributed by atoms with Crippen LogP contribution in [0, 0.1) is 0 Å². The highest BCUT2D eigenvalue weighted by Crippen LogP contribution is 2.57. The molecule has 7 nitrogen and oxygen atoms in total. The lowest BCUT2D eigenvalue weighted by molar-refractivity contribution is 0.262. The molecule has 0 saturated carbocycles. The Kier molecular flexibility index (Phi) is 3.98. The number of aromatic hydroxyl groups is 2. The van der Waals surface area contributed by atoms with E-state index in [9.17, 15) is 15.0 Å². The Morgan fingerprint density at radius 2 is 1.59 bits per heavy atom. The Bertz CT molecular complexity index is 1360. The van der Waals surface area contributed by atoms with Crippen LogP contribution in [0.15, 0.2) is 72.9 Å². The number of allylic oxidation sites excluding steroid dienone is 2. The van der Waals surface area contributed by atoms with Gasteiger partial charge in [0.2, 0.25) is 11.8 Å². The zero-order valence-electron chi connectivity index (χ0n) is 17.0. The highest BCUT2D eigenvalue weighted by atomic mass is 16.3. The van der Waals surface area contributed by atoms with Gasteiger partial charge in [-0.25, -0.2) is 4.79 Å². The summed E-state index contributed by atoms with van der Waals surface area (Å²) >= 11 is 0. The number of nitrogens with one attached hydrogen (secondary N) is 2. The first kappa shape index (κ1) is 18.5. The third-order valence-electron chi connectivity index (χ3n) is 6.29. The number of carbonyl (C=O) groups excluding carboxylic acids is 1. The molecule has 2 heterocycles. The van der Waals surface area contributed by atoms with Gasteiger partial charge in [0.15, 0.2) is 0 Å². The molecule has 2 atom stereocenters. The molecule has 0 unspecified atom stereocenters. The van der Waals surface area contributed by atoms with E-state index in [0.29, 0.717) is 17.1 Å². The van der Waals surface area contributed by atoms with Crippen molar-refractivity contribution >= 4 is 28.3 Å². The van der Waals surface area contributed by atoms with Crippen LogP contribution in [0.25, 0.3) is 16.6 Å². The molecule has 0 spiro atoms. The molecular formula is C25H20N4O3. The zero-order chi connectivity index (χ0) is 21.8. The molecule has 2 bridgehead atoms. The van der Waals surface area contributed by atoms with Gasteiger partial charge in [0, 0.05) is 40.2 Å². The monoisotopic (exact) mass is 424 g/mol. The van der Waals surface area contributed by atoms with Crippen LogP contribution in [0.3, 0.4) is 0 Å². The third-order valence-corrected chi connectivity index (χ3v) is 6.29. The first-order valence-electron chi connectivity index (χ1n) is 10.5. The van der Waals surface area contributed by atoms with Gasteiger partial charge in [-0.1, -0.05) is 30.4 Å². The quantitative estimate of drug-likeness (QED) is 0.339. The van der Waals surface area contributed by atoms with Crippen LogP contribution in [-0.4, -0.2) is 25.8 Å². The van der Waals surface area contributed by atoms with Gasteiger partial charge in [0.25, 0.3) is 0 Å². The number of hydrogen-bond acceptors (Lipinski definition) is 4. The van der Waals surface area contributed by atoms with Gasteiger partial charge in [-0.05, 0) is 42.8 Å². The maximum atomic E-state index is 12.5. The summed E-state index contributed by atoms with van der Waals surface area (Å²) < 4.78 is 1.46. The summed E-state index contributed by atoms with van der Waals surface area (Å²) in [6, 6.07) is 16.0. The van der Waals surface area contributed by atoms with E-state index >= 15 is 0 Å². The normalized spacial score (nSPS) is 18.1. The lowest BCUT2D eigenvalue weighted by Crippen LogP contribution is -2.19. The fraction of sp³-hybridized carbons (Fsp3) is 0.120. The molecule has 6 rings (SSSR count). The minimum absolute atomic E-state index is 0.0799. The van der Waals surface area contributed by atoms with Crippen molar-refractivity contribution in [1.29, 1.82) is 0 Å². The minimum Gasteiger partial charge on any atom is -0.494 e. The van der Waals surface area contributed by atoms with Crippen LogP contribution < -0.4 is 10.6 Å². The fourth-order valence-electron chi connectivity index (χ4n) is 4.87. The Morgan fingerprint density at radius 3 is 2.31 bits per heavy atom. The van der Waals surface area contributed by atoms with E-state index in [1.165, 1.54) is 4.57 Å². The summed E-state index contributed by atoms with van der Waals surface area (Å²) in [6.45, 7) is 0. The second-order valence-corrected chi connectivity index (χ2v) is 8.15. The smallest absolute Gasteiger partial charge is 0.323 e. The summed E-state index contributed by atoms with van der Waals surface area (Å²) in [7, 11) is 0. The number of urea groups is 1. The molecule has 2 aliphatic rings. The summed E-state index contributed by atoms with van der Waals surface area (Å²) in [4.78, 5) is 16.9. The Labute approximate surface area is 183 Å². The Morgan fingerprint density at radius 1 is 0.906 bits per heavy atom. The van der Waals surface area contributed by atoms with E-state index in [4.69, 9.17) is 0 Å². The van der Waals surface area contributed by atoms with Crippen LogP contribution in [-0.2, 0) is 0 Å². The number of aromatic nitrogens is 2. The van der Waals surface area contributed by atoms with Crippen molar-refractivity contribution in [2.24, 2.45) is 0 Å². The molecule has 158 valence electrons. The largest absolute Gasteiger partial charge is 0.494 e. The van der Waals surface area contributed by atoms with Gasteiger partial charge in [-0.15, -0.1) is 0 Å². The predicted molar refractivity (Wildman–Crippen MR) is 123 cm³/mol. The standard InChI is InChI=1S/C25H20N4O3/c30-23-20-15-6-7-16(13-15)21(20)24(31)29(23)18-10-8-17(9-11-18)27-25(32)28-19-5-1-3-14-4-2-12-26-22(14)19/h1-12,15-16,30-31H,13H2,(H2,27,28,32)/t15-,16+. The maximum absolute atomic E-state index is 12.5.